The fourth-order valence-corrected chi connectivity index (χ4v) is 4.40. The Morgan fingerprint density at radius 1 is 0.921 bits per heavy atom. The largest absolute Gasteiger partial charge is 0.486 e. The summed E-state index contributed by atoms with van der Waals surface area (Å²) in [6, 6.07) is 24.4. The molecule has 9 nitrogen and oxygen atoms in total. The minimum absolute atomic E-state index is 0.195. The SMILES string of the molecule is Cc1ccc(OCc2nnc(SC(C)C(=O)NNC(=O)COc3ccc(Br)cc3)n2-c2ccccc2)cc1. The standard InChI is InChI=1S/C27H26BrN5O4S/c1-18-8-12-22(13-9-18)36-16-24-29-32-27(33(24)21-6-4-3-5-7-21)38-19(2)26(35)31-30-25(34)17-37-23-14-10-20(28)11-15-23/h3-15,19H,16-17H2,1-2H3,(H,30,34)(H,31,35). The van der Waals surface area contributed by atoms with Crippen molar-refractivity contribution in [1.29, 1.82) is 0 Å². The van der Waals surface area contributed by atoms with E-state index < -0.39 is 17.1 Å². The van der Waals surface area contributed by atoms with Crippen LogP contribution in [-0.4, -0.2) is 38.4 Å². The molecule has 1 heterocycles. The molecule has 0 saturated heterocycles. The fraction of sp³-hybridized carbons (Fsp3) is 0.185. The van der Waals surface area contributed by atoms with Crippen LogP contribution in [0.25, 0.3) is 5.69 Å². The number of hydrogen-bond acceptors (Lipinski definition) is 7. The zero-order valence-electron chi connectivity index (χ0n) is 20.8. The van der Waals surface area contributed by atoms with Gasteiger partial charge >= 0.3 is 0 Å². The number of carbonyl (C=O) groups is 2. The second-order valence-electron chi connectivity index (χ2n) is 8.21. The number of hydrogen-bond donors (Lipinski definition) is 2. The highest BCUT2D eigenvalue weighted by Gasteiger charge is 2.22. The molecule has 0 radical (unpaired) electrons. The van der Waals surface area contributed by atoms with Crippen LogP contribution in [-0.2, 0) is 16.2 Å². The van der Waals surface area contributed by atoms with Crippen LogP contribution >= 0.6 is 27.7 Å². The number of halogens is 1. The molecule has 196 valence electrons. The zero-order chi connectivity index (χ0) is 26.9. The highest BCUT2D eigenvalue weighted by Crippen LogP contribution is 2.26. The maximum atomic E-state index is 12.7. The molecule has 1 atom stereocenters. The number of carbonyl (C=O) groups excluding carboxylic acids is 2. The molecular weight excluding hydrogens is 570 g/mol. The van der Waals surface area contributed by atoms with E-state index in [1.807, 2.05) is 78.2 Å². The summed E-state index contributed by atoms with van der Waals surface area (Å²) in [5.41, 5.74) is 6.80. The van der Waals surface area contributed by atoms with Crippen LogP contribution in [0, 0.1) is 6.92 Å². The normalized spacial score (nSPS) is 11.4. The van der Waals surface area contributed by atoms with Crippen molar-refractivity contribution < 1.29 is 19.1 Å². The number of amides is 2. The van der Waals surface area contributed by atoms with Crippen molar-refractivity contribution in [2.75, 3.05) is 6.61 Å². The quantitative estimate of drug-likeness (QED) is 0.203. The topological polar surface area (TPSA) is 107 Å². The lowest BCUT2D eigenvalue weighted by molar-refractivity contribution is -0.129. The predicted molar refractivity (Wildman–Crippen MR) is 148 cm³/mol. The molecule has 0 aliphatic heterocycles. The number of aryl methyl sites for hydroxylation is 1. The van der Waals surface area contributed by atoms with Crippen LogP contribution in [0.1, 0.15) is 18.3 Å². The van der Waals surface area contributed by atoms with Crippen LogP contribution in [0.3, 0.4) is 0 Å². The van der Waals surface area contributed by atoms with Crippen LogP contribution < -0.4 is 20.3 Å². The van der Waals surface area contributed by atoms with Crippen LogP contribution in [0.15, 0.2) is 88.5 Å². The third-order valence-electron chi connectivity index (χ3n) is 5.26. The van der Waals surface area contributed by atoms with E-state index in [0.29, 0.717) is 16.7 Å². The van der Waals surface area contributed by atoms with Gasteiger partial charge in [-0.25, -0.2) is 0 Å². The van der Waals surface area contributed by atoms with Crippen LogP contribution in [0.5, 0.6) is 11.5 Å². The van der Waals surface area contributed by atoms with Crippen molar-refractivity contribution in [2.45, 2.75) is 30.9 Å². The Hall–Kier alpha value is -3.83. The Labute approximate surface area is 233 Å². The summed E-state index contributed by atoms with van der Waals surface area (Å²) < 4.78 is 14.1. The van der Waals surface area contributed by atoms with E-state index in [2.05, 4.69) is 37.0 Å². The minimum Gasteiger partial charge on any atom is -0.486 e. The van der Waals surface area contributed by atoms with E-state index in [4.69, 9.17) is 9.47 Å². The van der Waals surface area contributed by atoms with Gasteiger partial charge in [-0.3, -0.25) is 25.0 Å². The maximum absolute atomic E-state index is 12.7. The van der Waals surface area contributed by atoms with Gasteiger partial charge < -0.3 is 9.47 Å². The monoisotopic (exact) mass is 595 g/mol. The van der Waals surface area contributed by atoms with Gasteiger partial charge in [0, 0.05) is 10.2 Å². The lowest BCUT2D eigenvalue weighted by Gasteiger charge is -2.15. The van der Waals surface area contributed by atoms with Crippen molar-refractivity contribution in [3.8, 4) is 17.2 Å². The van der Waals surface area contributed by atoms with Crippen molar-refractivity contribution in [2.24, 2.45) is 0 Å². The Balaban J connectivity index is 1.36. The fourth-order valence-electron chi connectivity index (χ4n) is 3.25. The van der Waals surface area contributed by atoms with Gasteiger partial charge in [0.25, 0.3) is 11.8 Å². The lowest BCUT2D eigenvalue weighted by atomic mass is 10.2. The van der Waals surface area contributed by atoms with Crippen molar-refractivity contribution >= 4 is 39.5 Å². The van der Waals surface area contributed by atoms with E-state index in [1.54, 1.807) is 19.1 Å². The summed E-state index contributed by atoms with van der Waals surface area (Å²) in [4.78, 5) is 24.8. The first-order valence-electron chi connectivity index (χ1n) is 11.7. The summed E-state index contributed by atoms with van der Waals surface area (Å²) in [6.07, 6.45) is 0. The van der Waals surface area contributed by atoms with E-state index in [0.717, 1.165) is 21.5 Å². The Morgan fingerprint density at radius 2 is 1.58 bits per heavy atom. The maximum Gasteiger partial charge on any atom is 0.276 e. The Bertz CT molecular complexity index is 1360. The number of nitrogens with one attached hydrogen (secondary N) is 2. The molecule has 11 heteroatoms. The highest BCUT2D eigenvalue weighted by atomic mass is 79.9. The minimum atomic E-state index is -0.583. The smallest absolute Gasteiger partial charge is 0.276 e. The summed E-state index contributed by atoms with van der Waals surface area (Å²) in [5.74, 6) is 0.972. The Kier molecular flexibility index (Phi) is 9.39. The van der Waals surface area contributed by atoms with Crippen LogP contribution in [0.4, 0.5) is 0 Å². The molecule has 4 aromatic rings. The third-order valence-corrected chi connectivity index (χ3v) is 6.84. The van der Waals surface area contributed by atoms with Gasteiger partial charge in [0.15, 0.2) is 17.6 Å². The number of rotatable bonds is 10. The summed E-state index contributed by atoms with van der Waals surface area (Å²) in [5, 5.41) is 8.56. The van der Waals surface area contributed by atoms with Gasteiger partial charge in [-0.05, 0) is 62.4 Å². The average Bonchev–Trinajstić information content (AvgIpc) is 3.33. The van der Waals surface area contributed by atoms with E-state index >= 15 is 0 Å². The summed E-state index contributed by atoms with van der Waals surface area (Å²) in [6.45, 7) is 3.69. The number of benzene rings is 3. The van der Waals surface area contributed by atoms with Gasteiger partial charge in [-0.15, -0.1) is 10.2 Å². The molecule has 0 bridgehead atoms. The first-order chi connectivity index (χ1) is 18.4. The van der Waals surface area contributed by atoms with Crippen LogP contribution in [0.2, 0.25) is 0 Å². The van der Waals surface area contributed by atoms with Crippen molar-refractivity contribution in [3.05, 3.63) is 94.7 Å². The van der Waals surface area contributed by atoms with Gasteiger partial charge in [0.1, 0.15) is 18.1 Å². The lowest BCUT2D eigenvalue weighted by Crippen LogP contribution is -2.46. The van der Waals surface area contributed by atoms with Crippen molar-refractivity contribution in [3.63, 3.8) is 0 Å². The number of ether oxygens (including phenoxy) is 2. The molecule has 3 aromatic carbocycles. The number of hydrazine groups is 1. The molecule has 2 amide bonds. The summed E-state index contributed by atoms with van der Waals surface area (Å²) in [7, 11) is 0. The second kappa shape index (κ2) is 13.1. The molecule has 0 aliphatic rings. The number of para-hydroxylation sites is 1. The molecule has 4 rings (SSSR count). The first kappa shape index (κ1) is 27.2. The first-order valence-corrected chi connectivity index (χ1v) is 13.4. The summed E-state index contributed by atoms with van der Waals surface area (Å²) >= 11 is 4.56. The van der Waals surface area contributed by atoms with E-state index in [9.17, 15) is 9.59 Å². The zero-order valence-corrected chi connectivity index (χ0v) is 23.2. The molecule has 0 aliphatic carbocycles. The predicted octanol–water partition coefficient (Wildman–Crippen LogP) is 4.62. The molecule has 1 aromatic heterocycles. The molecule has 0 spiro atoms. The van der Waals surface area contributed by atoms with Gasteiger partial charge in [0.2, 0.25) is 0 Å². The average molecular weight is 597 g/mol. The second-order valence-corrected chi connectivity index (χ2v) is 10.4. The third kappa shape index (κ3) is 7.59. The van der Waals surface area contributed by atoms with Gasteiger partial charge in [-0.2, -0.15) is 0 Å². The number of thioether (sulfide) groups is 1. The van der Waals surface area contributed by atoms with E-state index in [1.165, 1.54) is 11.8 Å². The molecule has 0 fully saturated rings. The number of aromatic nitrogens is 3. The van der Waals surface area contributed by atoms with Gasteiger partial charge in [0.05, 0.1) is 5.25 Å². The molecule has 2 N–H and O–H groups in total. The molecule has 1 unspecified atom stereocenters. The molecular formula is C27H26BrN5O4S. The Morgan fingerprint density at radius 3 is 2.29 bits per heavy atom. The van der Waals surface area contributed by atoms with E-state index in [-0.39, 0.29) is 13.2 Å². The molecule has 38 heavy (non-hydrogen) atoms. The number of nitrogens with zero attached hydrogens (tertiary/aromatic N) is 3. The molecule has 0 saturated carbocycles. The highest BCUT2D eigenvalue weighted by molar-refractivity contribution is 9.10. The van der Waals surface area contributed by atoms with Gasteiger partial charge in [-0.1, -0.05) is 63.6 Å². The van der Waals surface area contributed by atoms with Crippen molar-refractivity contribution in [1.82, 2.24) is 25.6 Å².